The molecule has 0 bridgehead atoms. The molecule has 1 amide bonds. The molecule has 7 nitrogen and oxygen atoms in total. The van der Waals surface area contributed by atoms with Crippen LogP contribution in [0.15, 0.2) is 42.5 Å². The Morgan fingerprint density at radius 2 is 1.76 bits per heavy atom. The molecule has 2 aromatic carbocycles. The molecular formula is C22H26N2O5. The summed E-state index contributed by atoms with van der Waals surface area (Å²) >= 11 is 0. The van der Waals surface area contributed by atoms with Crippen molar-refractivity contribution in [1.82, 2.24) is 5.32 Å². The minimum atomic E-state index is -0.904. The van der Waals surface area contributed by atoms with E-state index in [4.69, 9.17) is 14.2 Å². The third-order valence-corrected chi connectivity index (χ3v) is 4.79. The van der Waals surface area contributed by atoms with Gasteiger partial charge in [-0.15, -0.1) is 0 Å². The Hall–Kier alpha value is -3.22. The van der Waals surface area contributed by atoms with Crippen LogP contribution in [0.2, 0.25) is 0 Å². The number of hydrogen-bond donors (Lipinski definition) is 1. The summed E-state index contributed by atoms with van der Waals surface area (Å²) in [6.07, 6.45) is -0.904. The number of anilines is 1. The smallest absolute Gasteiger partial charge is 0.338 e. The van der Waals surface area contributed by atoms with Crippen molar-refractivity contribution in [2.24, 2.45) is 0 Å². The Kier molecular flexibility index (Phi) is 6.59. The minimum Gasteiger partial charge on any atom is -0.454 e. The number of benzene rings is 2. The number of carbonyl (C=O) groups excluding carboxylic acids is 2. The van der Waals surface area contributed by atoms with Crippen molar-refractivity contribution in [3.8, 4) is 11.5 Å². The summed E-state index contributed by atoms with van der Waals surface area (Å²) in [4.78, 5) is 26.8. The molecule has 0 radical (unpaired) electrons. The van der Waals surface area contributed by atoms with Crippen molar-refractivity contribution in [2.75, 3.05) is 24.8 Å². The fourth-order valence-corrected chi connectivity index (χ4v) is 3.06. The molecule has 0 saturated heterocycles. The number of nitrogens with zero attached hydrogens (tertiary/aromatic N) is 1. The summed E-state index contributed by atoms with van der Waals surface area (Å²) in [6, 6.07) is 12.7. The first-order valence-electron chi connectivity index (χ1n) is 9.74. The maximum Gasteiger partial charge on any atom is 0.338 e. The normalized spacial score (nSPS) is 12.9. The zero-order chi connectivity index (χ0) is 20.8. The molecule has 0 saturated carbocycles. The molecule has 0 aromatic heterocycles. The maximum atomic E-state index is 12.3. The van der Waals surface area contributed by atoms with Crippen molar-refractivity contribution in [2.45, 2.75) is 33.4 Å². The van der Waals surface area contributed by atoms with Gasteiger partial charge in [0.25, 0.3) is 5.91 Å². The molecule has 1 aliphatic rings. The average Bonchev–Trinajstić information content (AvgIpc) is 3.21. The molecule has 0 fully saturated rings. The topological polar surface area (TPSA) is 77.1 Å². The van der Waals surface area contributed by atoms with Crippen molar-refractivity contribution < 1.29 is 23.8 Å². The summed E-state index contributed by atoms with van der Waals surface area (Å²) in [5, 5.41) is 2.77. The van der Waals surface area contributed by atoms with E-state index in [0.717, 1.165) is 24.3 Å². The number of rotatable bonds is 8. The van der Waals surface area contributed by atoms with Gasteiger partial charge in [0.2, 0.25) is 6.79 Å². The molecule has 29 heavy (non-hydrogen) atoms. The van der Waals surface area contributed by atoms with Gasteiger partial charge in [-0.25, -0.2) is 4.79 Å². The van der Waals surface area contributed by atoms with Gasteiger partial charge in [-0.1, -0.05) is 6.07 Å². The first kappa shape index (κ1) is 20.5. The first-order chi connectivity index (χ1) is 14.0. The van der Waals surface area contributed by atoms with Crippen LogP contribution in [0.3, 0.4) is 0 Å². The summed E-state index contributed by atoms with van der Waals surface area (Å²) in [5.41, 5.74) is 2.32. The van der Waals surface area contributed by atoms with E-state index in [1.54, 1.807) is 25.1 Å². The van der Waals surface area contributed by atoms with Crippen LogP contribution in [-0.2, 0) is 16.1 Å². The fourth-order valence-electron chi connectivity index (χ4n) is 3.06. The van der Waals surface area contributed by atoms with Gasteiger partial charge in [0.1, 0.15) is 0 Å². The molecule has 3 rings (SSSR count). The first-order valence-corrected chi connectivity index (χ1v) is 9.74. The molecule has 1 aliphatic heterocycles. The van der Waals surface area contributed by atoms with Crippen LogP contribution in [0, 0.1) is 0 Å². The minimum absolute atomic E-state index is 0.202. The lowest BCUT2D eigenvalue weighted by Crippen LogP contribution is -2.35. The summed E-state index contributed by atoms with van der Waals surface area (Å²) < 4.78 is 15.9. The van der Waals surface area contributed by atoms with Gasteiger partial charge in [0.15, 0.2) is 17.6 Å². The third-order valence-electron chi connectivity index (χ3n) is 4.79. The lowest BCUT2D eigenvalue weighted by Gasteiger charge is -2.21. The van der Waals surface area contributed by atoms with Gasteiger partial charge in [-0.2, -0.15) is 0 Å². The van der Waals surface area contributed by atoms with Crippen LogP contribution in [0.1, 0.15) is 36.7 Å². The lowest BCUT2D eigenvalue weighted by atomic mass is 10.2. The van der Waals surface area contributed by atoms with E-state index in [-0.39, 0.29) is 12.7 Å². The van der Waals surface area contributed by atoms with E-state index >= 15 is 0 Å². The molecule has 0 unspecified atom stereocenters. The second-order valence-electron chi connectivity index (χ2n) is 6.67. The Morgan fingerprint density at radius 3 is 2.45 bits per heavy atom. The summed E-state index contributed by atoms with van der Waals surface area (Å²) in [7, 11) is 0. The Bertz CT molecular complexity index is 862. The van der Waals surface area contributed by atoms with Crippen LogP contribution in [0.4, 0.5) is 5.69 Å². The molecule has 1 heterocycles. The molecule has 1 atom stereocenters. The third kappa shape index (κ3) is 4.99. The Morgan fingerprint density at radius 1 is 1.07 bits per heavy atom. The largest absolute Gasteiger partial charge is 0.454 e. The van der Waals surface area contributed by atoms with E-state index in [2.05, 4.69) is 24.1 Å². The summed E-state index contributed by atoms with van der Waals surface area (Å²) in [5.74, 6) is 0.455. The summed E-state index contributed by atoms with van der Waals surface area (Å²) in [6.45, 7) is 7.99. The average molecular weight is 398 g/mol. The van der Waals surface area contributed by atoms with Crippen molar-refractivity contribution >= 4 is 17.6 Å². The second-order valence-corrected chi connectivity index (χ2v) is 6.67. The SMILES string of the molecule is CCN(CC)c1ccc(C(=O)O[C@H](C)C(=O)NCc2ccc3c(c2)OCO3)cc1. The zero-order valence-corrected chi connectivity index (χ0v) is 16.9. The van der Waals surface area contributed by atoms with E-state index in [9.17, 15) is 9.59 Å². The highest BCUT2D eigenvalue weighted by atomic mass is 16.7. The molecule has 0 aliphatic carbocycles. The van der Waals surface area contributed by atoms with E-state index in [1.165, 1.54) is 0 Å². The molecule has 154 valence electrons. The predicted molar refractivity (Wildman–Crippen MR) is 109 cm³/mol. The van der Waals surface area contributed by atoms with Crippen LogP contribution in [0.5, 0.6) is 11.5 Å². The molecule has 7 heteroatoms. The fraction of sp³-hybridized carbons (Fsp3) is 0.364. The zero-order valence-electron chi connectivity index (χ0n) is 16.9. The van der Waals surface area contributed by atoms with Crippen molar-refractivity contribution in [3.63, 3.8) is 0 Å². The number of amides is 1. The van der Waals surface area contributed by atoms with E-state index < -0.39 is 12.1 Å². The van der Waals surface area contributed by atoms with Gasteiger partial charge in [-0.05, 0) is 62.7 Å². The lowest BCUT2D eigenvalue weighted by molar-refractivity contribution is -0.129. The maximum absolute atomic E-state index is 12.3. The number of nitrogens with one attached hydrogen (secondary N) is 1. The number of esters is 1. The van der Waals surface area contributed by atoms with Crippen molar-refractivity contribution in [1.29, 1.82) is 0 Å². The Labute approximate surface area is 170 Å². The number of carbonyl (C=O) groups is 2. The van der Waals surface area contributed by atoms with Crippen LogP contribution >= 0.6 is 0 Å². The van der Waals surface area contributed by atoms with Crippen LogP contribution in [0.25, 0.3) is 0 Å². The molecular weight excluding hydrogens is 372 g/mol. The molecule has 2 aromatic rings. The van der Waals surface area contributed by atoms with Crippen LogP contribution in [-0.4, -0.2) is 37.9 Å². The molecule has 1 N–H and O–H groups in total. The number of ether oxygens (including phenoxy) is 3. The highest BCUT2D eigenvalue weighted by Crippen LogP contribution is 2.32. The number of fused-ring (bicyclic) bond motifs is 1. The van der Waals surface area contributed by atoms with Crippen LogP contribution < -0.4 is 19.7 Å². The highest BCUT2D eigenvalue weighted by Gasteiger charge is 2.19. The van der Waals surface area contributed by atoms with Gasteiger partial charge >= 0.3 is 5.97 Å². The van der Waals surface area contributed by atoms with Gasteiger partial charge in [-0.3, -0.25) is 4.79 Å². The van der Waals surface area contributed by atoms with Crippen molar-refractivity contribution in [3.05, 3.63) is 53.6 Å². The predicted octanol–water partition coefficient (Wildman–Crippen LogP) is 3.12. The second kappa shape index (κ2) is 9.32. The van der Waals surface area contributed by atoms with E-state index in [1.807, 2.05) is 24.3 Å². The standard InChI is InChI=1S/C22H26N2O5/c1-4-24(5-2)18-9-7-17(8-10-18)22(26)29-15(3)21(25)23-13-16-6-11-19-20(12-16)28-14-27-19/h6-12,15H,4-5,13-14H2,1-3H3,(H,23,25)/t15-/m1/s1. The monoisotopic (exact) mass is 398 g/mol. The van der Waals surface area contributed by atoms with Gasteiger partial charge < -0.3 is 24.4 Å². The van der Waals surface area contributed by atoms with Gasteiger partial charge in [0, 0.05) is 25.3 Å². The van der Waals surface area contributed by atoms with E-state index in [0.29, 0.717) is 23.6 Å². The highest BCUT2D eigenvalue weighted by molar-refractivity contribution is 5.92. The number of hydrogen-bond acceptors (Lipinski definition) is 6. The van der Waals surface area contributed by atoms with Gasteiger partial charge in [0.05, 0.1) is 5.56 Å². The molecule has 0 spiro atoms. The Balaban J connectivity index is 1.51. The quantitative estimate of drug-likeness (QED) is 0.689.